The Kier molecular flexibility index (Phi) is 6.02. The number of ether oxygens (including phenoxy) is 2. The molecule has 28 heavy (non-hydrogen) atoms. The predicted molar refractivity (Wildman–Crippen MR) is 109 cm³/mol. The van der Waals surface area contributed by atoms with Gasteiger partial charge in [0, 0.05) is 5.56 Å². The van der Waals surface area contributed by atoms with E-state index in [-0.39, 0.29) is 5.56 Å². The van der Waals surface area contributed by atoms with Gasteiger partial charge < -0.3 is 14.5 Å². The van der Waals surface area contributed by atoms with Gasteiger partial charge >= 0.3 is 0 Å². The van der Waals surface area contributed by atoms with Crippen molar-refractivity contribution < 1.29 is 9.47 Å². The van der Waals surface area contributed by atoms with Crippen LogP contribution in [0.3, 0.4) is 0 Å². The quantitative estimate of drug-likeness (QED) is 0.504. The Hall–Kier alpha value is -3.24. The average molecular weight is 393 g/mol. The number of nitriles is 1. The summed E-state index contributed by atoms with van der Waals surface area (Å²) in [6.45, 7) is 2.43. The molecular formula is C21H19N3O3S. The lowest BCUT2D eigenvalue weighted by molar-refractivity contribution is 0.284. The molecule has 0 radical (unpaired) electrons. The summed E-state index contributed by atoms with van der Waals surface area (Å²) in [5.41, 5.74) is 2.65. The maximum Gasteiger partial charge on any atom is 0.270 e. The van der Waals surface area contributed by atoms with E-state index in [1.807, 2.05) is 31.2 Å². The van der Waals surface area contributed by atoms with Crippen LogP contribution < -0.4 is 15.0 Å². The Bertz CT molecular complexity index is 1100. The molecule has 0 atom stereocenters. The van der Waals surface area contributed by atoms with Crippen LogP contribution in [0.1, 0.15) is 16.7 Å². The maximum atomic E-state index is 12.1. The second-order valence-electron chi connectivity index (χ2n) is 6.05. The van der Waals surface area contributed by atoms with E-state index in [1.165, 1.54) is 11.8 Å². The van der Waals surface area contributed by atoms with Crippen molar-refractivity contribution in [2.45, 2.75) is 18.7 Å². The van der Waals surface area contributed by atoms with Gasteiger partial charge in [-0.15, -0.1) is 0 Å². The first-order valence-electron chi connectivity index (χ1n) is 8.51. The molecule has 2 aromatic carbocycles. The fourth-order valence-corrected chi connectivity index (χ4v) is 3.14. The number of nitrogens with one attached hydrogen (secondary N) is 1. The lowest BCUT2D eigenvalue weighted by Crippen LogP contribution is -2.14. The molecule has 0 saturated carbocycles. The third-order valence-electron chi connectivity index (χ3n) is 4.12. The van der Waals surface area contributed by atoms with Gasteiger partial charge in [-0.3, -0.25) is 4.79 Å². The topological polar surface area (TPSA) is 88.0 Å². The summed E-state index contributed by atoms with van der Waals surface area (Å²) in [4.78, 5) is 19.1. The highest BCUT2D eigenvalue weighted by molar-refractivity contribution is 7.98. The van der Waals surface area contributed by atoms with Crippen molar-refractivity contribution in [3.05, 3.63) is 69.5 Å². The minimum absolute atomic E-state index is 0.0340. The molecule has 0 aliphatic carbocycles. The van der Waals surface area contributed by atoms with E-state index in [2.05, 4.69) is 16.0 Å². The smallest absolute Gasteiger partial charge is 0.270 e. The molecule has 7 heteroatoms. The first-order chi connectivity index (χ1) is 13.5. The maximum absolute atomic E-state index is 12.1. The summed E-state index contributed by atoms with van der Waals surface area (Å²) in [5.74, 6) is 1.07. The molecule has 0 saturated heterocycles. The summed E-state index contributed by atoms with van der Waals surface area (Å²) in [6.07, 6.45) is 1.80. The second-order valence-corrected chi connectivity index (χ2v) is 6.85. The third kappa shape index (κ3) is 4.18. The van der Waals surface area contributed by atoms with Crippen molar-refractivity contribution in [2.75, 3.05) is 13.4 Å². The molecule has 0 spiro atoms. The van der Waals surface area contributed by atoms with Crippen molar-refractivity contribution in [3.8, 4) is 28.8 Å². The number of nitrogens with zero attached hydrogens (tertiary/aromatic N) is 2. The summed E-state index contributed by atoms with van der Waals surface area (Å²) in [5, 5.41) is 9.81. The number of H-pyrrole nitrogens is 1. The number of aromatic amines is 1. The van der Waals surface area contributed by atoms with Crippen LogP contribution in [0.4, 0.5) is 0 Å². The van der Waals surface area contributed by atoms with E-state index in [4.69, 9.17) is 9.47 Å². The lowest BCUT2D eigenvalue weighted by Gasteiger charge is -2.13. The van der Waals surface area contributed by atoms with Gasteiger partial charge in [0.25, 0.3) is 5.56 Å². The number of benzene rings is 2. The van der Waals surface area contributed by atoms with Crippen molar-refractivity contribution in [1.82, 2.24) is 9.97 Å². The minimum Gasteiger partial charge on any atom is -0.493 e. The molecule has 0 unspecified atom stereocenters. The fourth-order valence-electron chi connectivity index (χ4n) is 2.76. The molecule has 3 rings (SSSR count). The van der Waals surface area contributed by atoms with Crippen LogP contribution >= 0.6 is 11.8 Å². The van der Waals surface area contributed by atoms with E-state index in [9.17, 15) is 10.1 Å². The first-order valence-corrected chi connectivity index (χ1v) is 9.73. The fraction of sp³-hybridized carbons (Fsp3) is 0.190. The van der Waals surface area contributed by atoms with E-state index in [0.717, 1.165) is 11.1 Å². The molecule has 1 aromatic heterocycles. The molecule has 1 heterocycles. The zero-order valence-corrected chi connectivity index (χ0v) is 16.6. The number of aryl methyl sites for hydroxylation is 1. The average Bonchev–Trinajstić information content (AvgIpc) is 2.71. The van der Waals surface area contributed by atoms with Crippen LogP contribution in [0, 0.1) is 18.3 Å². The zero-order valence-electron chi connectivity index (χ0n) is 15.8. The van der Waals surface area contributed by atoms with Gasteiger partial charge in [0.05, 0.1) is 12.8 Å². The van der Waals surface area contributed by atoms with Crippen LogP contribution in [0.15, 0.2) is 52.4 Å². The summed E-state index contributed by atoms with van der Waals surface area (Å²) in [6, 6.07) is 15.2. The SMILES string of the molecule is COc1cc(-c2nc(SC)[nH]c(=O)c2C#N)ccc1OCc1cccc(C)c1. The Balaban J connectivity index is 1.95. The van der Waals surface area contributed by atoms with Crippen LogP contribution in [-0.4, -0.2) is 23.3 Å². The molecule has 0 aliphatic heterocycles. The Morgan fingerprint density at radius 3 is 2.71 bits per heavy atom. The van der Waals surface area contributed by atoms with Gasteiger partial charge in [-0.05, 0) is 36.9 Å². The number of hydrogen-bond donors (Lipinski definition) is 1. The highest BCUT2D eigenvalue weighted by Gasteiger charge is 2.15. The number of hydrogen-bond acceptors (Lipinski definition) is 6. The molecule has 0 fully saturated rings. The number of thioether (sulfide) groups is 1. The Labute approximate surface area is 167 Å². The van der Waals surface area contributed by atoms with E-state index < -0.39 is 5.56 Å². The van der Waals surface area contributed by atoms with Gasteiger partial charge in [0.1, 0.15) is 18.2 Å². The molecule has 142 valence electrons. The van der Waals surface area contributed by atoms with Gasteiger partial charge in [-0.25, -0.2) is 4.98 Å². The molecule has 1 N–H and O–H groups in total. The van der Waals surface area contributed by atoms with Crippen LogP contribution in [0.2, 0.25) is 0 Å². The zero-order chi connectivity index (χ0) is 20.1. The molecular weight excluding hydrogens is 374 g/mol. The molecule has 3 aromatic rings. The van der Waals surface area contributed by atoms with E-state index in [0.29, 0.717) is 34.5 Å². The van der Waals surface area contributed by atoms with E-state index in [1.54, 1.807) is 31.6 Å². The monoisotopic (exact) mass is 393 g/mol. The van der Waals surface area contributed by atoms with E-state index >= 15 is 0 Å². The summed E-state index contributed by atoms with van der Waals surface area (Å²) in [7, 11) is 1.54. The van der Waals surface area contributed by atoms with Gasteiger partial charge in [-0.1, -0.05) is 41.6 Å². The van der Waals surface area contributed by atoms with Crippen molar-refractivity contribution in [1.29, 1.82) is 5.26 Å². The highest BCUT2D eigenvalue weighted by atomic mass is 32.2. The molecule has 6 nitrogen and oxygen atoms in total. The second kappa shape index (κ2) is 8.63. The van der Waals surface area contributed by atoms with Crippen LogP contribution in [-0.2, 0) is 6.61 Å². The largest absolute Gasteiger partial charge is 0.493 e. The number of rotatable bonds is 6. The lowest BCUT2D eigenvalue weighted by atomic mass is 10.1. The summed E-state index contributed by atoms with van der Waals surface area (Å²) < 4.78 is 11.4. The predicted octanol–water partition coefficient (Wildman–Crippen LogP) is 3.93. The number of aromatic nitrogens is 2. The molecule has 0 aliphatic rings. The van der Waals surface area contributed by atoms with Gasteiger partial charge in [0.15, 0.2) is 16.7 Å². The minimum atomic E-state index is -0.462. The van der Waals surface area contributed by atoms with Gasteiger partial charge in [-0.2, -0.15) is 5.26 Å². The Morgan fingerprint density at radius 1 is 1.21 bits per heavy atom. The number of methoxy groups -OCH3 is 1. The van der Waals surface area contributed by atoms with Crippen molar-refractivity contribution in [2.24, 2.45) is 0 Å². The molecule has 0 bridgehead atoms. The van der Waals surface area contributed by atoms with Crippen LogP contribution in [0.25, 0.3) is 11.3 Å². The van der Waals surface area contributed by atoms with Crippen LogP contribution in [0.5, 0.6) is 11.5 Å². The Morgan fingerprint density at radius 2 is 2.04 bits per heavy atom. The molecule has 0 amide bonds. The summed E-state index contributed by atoms with van der Waals surface area (Å²) >= 11 is 1.30. The normalized spacial score (nSPS) is 10.4. The van der Waals surface area contributed by atoms with Crippen molar-refractivity contribution >= 4 is 11.8 Å². The highest BCUT2D eigenvalue weighted by Crippen LogP contribution is 2.33. The van der Waals surface area contributed by atoms with Gasteiger partial charge in [0.2, 0.25) is 0 Å². The third-order valence-corrected chi connectivity index (χ3v) is 4.70. The first kappa shape index (κ1) is 19.5. The van der Waals surface area contributed by atoms with Crippen molar-refractivity contribution in [3.63, 3.8) is 0 Å². The standard InChI is InChI=1S/C21H19N3O3S/c1-13-5-4-6-14(9-13)12-27-17-8-7-15(10-18(17)26-2)19-16(11-22)20(25)24-21(23-19)28-3/h4-10H,12H2,1-3H3,(H,23,24,25).